The van der Waals surface area contributed by atoms with Crippen molar-refractivity contribution in [1.29, 1.82) is 0 Å². The second-order valence-electron chi connectivity index (χ2n) is 5.09. The fourth-order valence-corrected chi connectivity index (χ4v) is 3.30. The van der Waals surface area contributed by atoms with Crippen molar-refractivity contribution in [2.24, 2.45) is 0 Å². The van der Waals surface area contributed by atoms with Gasteiger partial charge in [0.25, 0.3) is 0 Å². The van der Waals surface area contributed by atoms with Crippen LogP contribution in [0.1, 0.15) is 51.0 Å². The Morgan fingerprint density at radius 2 is 1.76 bits per heavy atom. The lowest BCUT2D eigenvalue weighted by molar-refractivity contribution is 0.617. The van der Waals surface area contributed by atoms with Crippen LogP contribution < -0.4 is 4.72 Å². The zero-order chi connectivity index (χ0) is 12.3. The van der Waals surface area contributed by atoms with Gasteiger partial charge in [0.1, 0.15) is 11.0 Å². The van der Waals surface area contributed by atoms with Crippen LogP contribution in [0.2, 0.25) is 0 Å². The Bertz CT molecular complexity index is 380. The van der Waals surface area contributed by atoms with E-state index in [1.54, 1.807) is 0 Å². The topological polar surface area (TPSA) is 29.1 Å². The highest BCUT2D eigenvalue weighted by Crippen LogP contribution is 2.20. The second kappa shape index (κ2) is 5.78. The summed E-state index contributed by atoms with van der Waals surface area (Å²) in [6.07, 6.45) is 4.86. The number of benzene rings is 1. The fraction of sp³-hybridized carbons (Fsp3) is 0.571. The molecule has 0 radical (unpaired) electrons. The predicted molar refractivity (Wildman–Crippen MR) is 72.3 cm³/mol. The van der Waals surface area contributed by atoms with Gasteiger partial charge in [-0.3, -0.25) is 0 Å². The van der Waals surface area contributed by atoms with Gasteiger partial charge in [-0.15, -0.1) is 0 Å². The zero-order valence-corrected chi connectivity index (χ0v) is 11.4. The molecule has 0 amide bonds. The van der Waals surface area contributed by atoms with E-state index in [9.17, 15) is 4.21 Å². The van der Waals surface area contributed by atoms with Crippen LogP contribution in [-0.2, 0) is 11.0 Å². The highest BCUT2D eigenvalue weighted by atomic mass is 32.2. The molecule has 17 heavy (non-hydrogen) atoms. The molecule has 0 aromatic heterocycles. The van der Waals surface area contributed by atoms with Crippen LogP contribution in [-0.4, -0.2) is 10.3 Å². The van der Waals surface area contributed by atoms with E-state index >= 15 is 0 Å². The standard InChI is InChI=1S/C14H21NOS/c1-11(2)12-7-9-14(10-8-12)17(16)15-13-5-3-4-6-13/h7-11,13,15H,3-6H2,1-2H3. The van der Waals surface area contributed by atoms with Crippen molar-refractivity contribution < 1.29 is 4.21 Å². The van der Waals surface area contributed by atoms with Gasteiger partial charge in [-0.2, -0.15) is 0 Å². The molecule has 0 spiro atoms. The first-order valence-corrected chi connectivity index (χ1v) is 7.59. The van der Waals surface area contributed by atoms with Crippen molar-refractivity contribution in [1.82, 2.24) is 4.72 Å². The maximum atomic E-state index is 12.1. The maximum absolute atomic E-state index is 12.1. The van der Waals surface area contributed by atoms with E-state index in [0.717, 1.165) is 17.7 Å². The molecule has 0 heterocycles. The van der Waals surface area contributed by atoms with Gasteiger partial charge in [0.05, 0.1) is 4.90 Å². The minimum atomic E-state index is -1.04. The van der Waals surface area contributed by atoms with E-state index < -0.39 is 11.0 Å². The molecule has 1 aromatic rings. The zero-order valence-electron chi connectivity index (χ0n) is 10.6. The van der Waals surface area contributed by atoms with Crippen LogP contribution in [0, 0.1) is 0 Å². The van der Waals surface area contributed by atoms with Crippen molar-refractivity contribution in [2.45, 2.75) is 56.4 Å². The molecule has 2 rings (SSSR count). The average molecular weight is 251 g/mol. The summed E-state index contributed by atoms with van der Waals surface area (Å²) in [7, 11) is -1.04. The summed E-state index contributed by atoms with van der Waals surface area (Å²) in [6.45, 7) is 4.34. The summed E-state index contributed by atoms with van der Waals surface area (Å²) < 4.78 is 15.3. The smallest absolute Gasteiger partial charge is 0.125 e. The van der Waals surface area contributed by atoms with Crippen LogP contribution in [0.5, 0.6) is 0 Å². The van der Waals surface area contributed by atoms with Crippen LogP contribution >= 0.6 is 0 Å². The molecule has 1 aromatic carbocycles. The summed E-state index contributed by atoms with van der Waals surface area (Å²) in [5, 5.41) is 0. The molecule has 3 heteroatoms. The summed E-state index contributed by atoms with van der Waals surface area (Å²) in [6, 6.07) is 8.56. The summed E-state index contributed by atoms with van der Waals surface area (Å²) in [5.41, 5.74) is 1.30. The van der Waals surface area contributed by atoms with Gasteiger partial charge in [-0.1, -0.05) is 38.8 Å². The van der Waals surface area contributed by atoms with E-state index in [0.29, 0.717) is 12.0 Å². The lowest BCUT2D eigenvalue weighted by Crippen LogP contribution is -2.28. The van der Waals surface area contributed by atoms with E-state index in [2.05, 4.69) is 30.7 Å². The molecular formula is C14H21NOS. The summed E-state index contributed by atoms with van der Waals surface area (Å²) >= 11 is 0. The predicted octanol–water partition coefficient (Wildman–Crippen LogP) is 3.36. The van der Waals surface area contributed by atoms with E-state index in [-0.39, 0.29) is 0 Å². The monoisotopic (exact) mass is 251 g/mol. The minimum absolute atomic E-state index is 0.445. The van der Waals surface area contributed by atoms with E-state index in [1.165, 1.54) is 18.4 Å². The van der Waals surface area contributed by atoms with Gasteiger partial charge in [0, 0.05) is 6.04 Å². The van der Waals surface area contributed by atoms with Crippen molar-refractivity contribution in [3.63, 3.8) is 0 Å². The average Bonchev–Trinajstić information content (AvgIpc) is 2.82. The molecule has 94 valence electrons. The fourth-order valence-electron chi connectivity index (χ4n) is 2.24. The van der Waals surface area contributed by atoms with Gasteiger partial charge >= 0.3 is 0 Å². The van der Waals surface area contributed by atoms with Crippen molar-refractivity contribution in [3.05, 3.63) is 29.8 Å². The Kier molecular flexibility index (Phi) is 4.35. The molecule has 0 aliphatic heterocycles. The van der Waals surface area contributed by atoms with Gasteiger partial charge < -0.3 is 0 Å². The molecule has 1 saturated carbocycles. The van der Waals surface area contributed by atoms with E-state index in [1.807, 2.05) is 12.1 Å². The van der Waals surface area contributed by atoms with Gasteiger partial charge in [0.2, 0.25) is 0 Å². The second-order valence-corrected chi connectivity index (χ2v) is 6.34. The van der Waals surface area contributed by atoms with Crippen LogP contribution in [0.4, 0.5) is 0 Å². The van der Waals surface area contributed by atoms with Crippen LogP contribution in [0.3, 0.4) is 0 Å². The maximum Gasteiger partial charge on any atom is 0.125 e. The van der Waals surface area contributed by atoms with Gasteiger partial charge in [0.15, 0.2) is 0 Å². The molecule has 0 bridgehead atoms. The largest absolute Gasteiger partial charge is 0.237 e. The normalized spacial score (nSPS) is 18.8. The Morgan fingerprint density at radius 1 is 1.18 bits per heavy atom. The molecule has 0 saturated heterocycles. The Labute approximate surface area is 106 Å². The number of nitrogens with one attached hydrogen (secondary N) is 1. The molecule has 1 atom stereocenters. The van der Waals surface area contributed by atoms with Crippen LogP contribution in [0.15, 0.2) is 29.2 Å². The molecular weight excluding hydrogens is 230 g/mol. The van der Waals surface area contributed by atoms with Crippen molar-refractivity contribution in [2.75, 3.05) is 0 Å². The van der Waals surface area contributed by atoms with E-state index in [4.69, 9.17) is 0 Å². The van der Waals surface area contributed by atoms with Gasteiger partial charge in [-0.05, 0) is 36.5 Å². The summed E-state index contributed by atoms with van der Waals surface area (Å²) in [5.74, 6) is 0.528. The first-order valence-electron chi connectivity index (χ1n) is 6.44. The van der Waals surface area contributed by atoms with Crippen molar-refractivity contribution >= 4 is 11.0 Å². The van der Waals surface area contributed by atoms with Crippen molar-refractivity contribution in [3.8, 4) is 0 Å². The lowest BCUT2D eigenvalue weighted by atomic mass is 10.0. The molecule has 1 unspecified atom stereocenters. The molecule has 1 aliphatic rings. The Morgan fingerprint density at radius 3 is 2.29 bits per heavy atom. The third kappa shape index (κ3) is 3.39. The molecule has 1 N–H and O–H groups in total. The molecule has 1 aliphatic carbocycles. The Hall–Kier alpha value is -0.670. The third-order valence-corrected chi connectivity index (χ3v) is 4.64. The number of rotatable bonds is 4. The Balaban J connectivity index is 1.98. The summed E-state index contributed by atoms with van der Waals surface area (Å²) in [4.78, 5) is 0.890. The van der Waals surface area contributed by atoms with Gasteiger partial charge in [-0.25, -0.2) is 8.93 Å². The number of hydrogen-bond acceptors (Lipinski definition) is 1. The highest BCUT2D eigenvalue weighted by molar-refractivity contribution is 7.83. The lowest BCUT2D eigenvalue weighted by Gasteiger charge is -2.12. The first-order chi connectivity index (χ1) is 8.16. The highest BCUT2D eigenvalue weighted by Gasteiger charge is 2.17. The first kappa shape index (κ1) is 12.8. The minimum Gasteiger partial charge on any atom is -0.237 e. The number of hydrogen-bond donors (Lipinski definition) is 1. The molecule has 1 fully saturated rings. The molecule has 2 nitrogen and oxygen atoms in total. The third-order valence-electron chi connectivity index (χ3n) is 3.39. The quantitative estimate of drug-likeness (QED) is 0.873. The SMILES string of the molecule is CC(C)c1ccc(S(=O)NC2CCCC2)cc1. The van der Waals surface area contributed by atoms with Crippen LogP contribution in [0.25, 0.3) is 0 Å².